The maximum atomic E-state index is 12.7. The van der Waals surface area contributed by atoms with E-state index in [1.54, 1.807) is 0 Å². The summed E-state index contributed by atoms with van der Waals surface area (Å²) in [7, 11) is -3.22. The van der Waals surface area contributed by atoms with Gasteiger partial charge >= 0.3 is 6.03 Å². The number of nitrogens with zero attached hydrogens (tertiary/aromatic N) is 2. The maximum Gasteiger partial charge on any atom is 0.317 e. The minimum absolute atomic E-state index is 0.0555. The van der Waals surface area contributed by atoms with Crippen LogP contribution in [-0.4, -0.2) is 76.7 Å². The number of hydrogen-bond acceptors (Lipinski definition) is 6. The van der Waals surface area contributed by atoms with Crippen LogP contribution in [0, 0.1) is 11.8 Å². The van der Waals surface area contributed by atoms with Crippen molar-refractivity contribution in [2.24, 2.45) is 17.6 Å². The van der Waals surface area contributed by atoms with Crippen LogP contribution in [0.25, 0.3) is 0 Å². The van der Waals surface area contributed by atoms with Gasteiger partial charge in [0.2, 0.25) is 0 Å². The predicted octanol–water partition coefficient (Wildman–Crippen LogP) is 1.95. The number of nitrogens with two attached hydrogens (primary N) is 1. The molecule has 176 valence electrons. The van der Waals surface area contributed by atoms with Gasteiger partial charge in [0.1, 0.15) is 5.75 Å². The third-order valence-corrected chi connectivity index (χ3v) is 7.00. The molecule has 2 rings (SSSR count). The molecule has 0 spiro atoms. The van der Waals surface area contributed by atoms with Crippen molar-refractivity contribution in [1.29, 1.82) is 0 Å². The fraction of sp³-hybridized carbons (Fsp3) is 0.682. The SMILES string of the molecule is CCOc1ccc(N2CCN(C(=O)NCCS(=O)(=O)CCN)C[C@@H](CC(C)C)C2)cc1. The lowest BCUT2D eigenvalue weighted by molar-refractivity contribution is 0.192. The number of rotatable bonds is 10. The van der Waals surface area contributed by atoms with Crippen molar-refractivity contribution in [2.45, 2.75) is 27.2 Å². The van der Waals surface area contributed by atoms with Crippen LogP contribution < -0.4 is 20.7 Å². The Morgan fingerprint density at radius 3 is 2.52 bits per heavy atom. The number of urea groups is 1. The Bertz CT molecular complexity index is 783. The number of anilines is 1. The topological polar surface area (TPSA) is 105 Å². The lowest BCUT2D eigenvalue weighted by atomic mass is 9.96. The Morgan fingerprint density at radius 2 is 1.90 bits per heavy atom. The van der Waals surface area contributed by atoms with E-state index in [0.717, 1.165) is 30.9 Å². The molecule has 9 heteroatoms. The molecule has 1 aromatic carbocycles. The van der Waals surface area contributed by atoms with Gasteiger partial charge in [0.25, 0.3) is 0 Å². The third kappa shape index (κ3) is 8.57. The molecule has 0 unspecified atom stereocenters. The van der Waals surface area contributed by atoms with Gasteiger partial charge in [-0.25, -0.2) is 13.2 Å². The standard InChI is InChI=1S/C22H38N4O4S/c1-4-30-21-7-5-20(6-8-21)25-11-12-26(17-19(16-25)15-18(2)3)22(27)24-10-14-31(28,29)13-9-23/h5-8,18-19H,4,9-17,23H2,1-3H3,(H,24,27)/t19-/m0/s1. The summed E-state index contributed by atoms with van der Waals surface area (Å²) in [6.07, 6.45) is 1.02. The lowest BCUT2D eigenvalue weighted by Gasteiger charge is -2.27. The van der Waals surface area contributed by atoms with Crippen molar-refractivity contribution < 1.29 is 17.9 Å². The summed E-state index contributed by atoms with van der Waals surface area (Å²) < 4.78 is 29.2. The Kier molecular flexibility index (Phi) is 9.90. The van der Waals surface area contributed by atoms with Gasteiger partial charge in [0.15, 0.2) is 9.84 Å². The number of nitrogens with one attached hydrogen (secondary N) is 1. The fourth-order valence-electron chi connectivity index (χ4n) is 3.97. The van der Waals surface area contributed by atoms with E-state index in [2.05, 4.69) is 36.2 Å². The molecule has 0 aromatic heterocycles. The van der Waals surface area contributed by atoms with Crippen LogP contribution in [-0.2, 0) is 9.84 Å². The molecule has 1 fully saturated rings. The van der Waals surface area contributed by atoms with Crippen LogP contribution in [0.5, 0.6) is 5.75 Å². The highest BCUT2D eigenvalue weighted by Gasteiger charge is 2.26. The van der Waals surface area contributed by atoms with Gasteiger partial charge in [-0.1, -0.05) is 13.8 Å². The number of ether oxygens (including phenoxy) is 1. The fourth-order valence-corrected chi connectivity index (χ4v) is 4.94. The molecule has 0 aliphatic carbocycles. The average molecular weight is 455 g/mol. The van der Waals surface area contributed by atoms with Crippen molar-refractivity contribution in [3.63, 3.8) is 0 Å². The van der Waals surface area contributed by atoms with Crippen LogP contribution in [0.1, 0.15) is 27.2 Å². The highest BCUT2D eigenvalue weighted by atomic mass is 32.2. The Labute approximate surface area is 187 Å². The molecule has 0 bridgehead atoms. The lowest BCUT2D eigenvalue weighted by Crippen LogP contribution is -2.44. The molecule has 1 heterocycles. The zero-order valence-corrected chi connectivity index (χ0v) is 19.9. The zero-order valence-electron chi connectivity index (χ0n) is 19.0. The van der Waals surface area contributed by atoms with E-state index in [-0.39, 0.29) is 30.6 Å². The van der Waals surface area contributed by atoms with E-state index in [4.69, 9.17) is 10.5 Å². The molecule has 0 saturated carbocycles. The Morgan fingerprint density at radius 1 is 1.19 bits per heavy atom. The summed E-state index contributed by atoms with van der Waals surface area (Å²) >= 11 is 0. The number of benzene rings is 1. The maximum absolute atomic E-state index is 12.7. The van der Waals surface area contributed by atoms with Crippen LogP contribution >= 0.6 is 0 Å². The summed E-state index contributed by atoms with van der Waals surface area (Å²) in [5.41, 5.74) is 6.45. The van der Waals surface area contributed by atoms with Crippen molar-refractivity contribution in [3.8, 4) is 5.75 Å². The van der Waals surface area contributed by atoms with Gasteiger partial charge in [-0.05, 0) is 49.4 Å². The van der Waals surface area contributed by atoms with Crippen molar-refractivity contribution in [3.05, 3.63) is 24.3 Å². The van der Waals surface area contributed by atoms with Crippen LogP contribution in [0.15, 0.2) is 24.3 Å². The van der Waals surface area contributed by atoms with Gasteiger partial charge in [0, 0.05) is 45.0 Å². The first-order chi connectivity index (χ1) is 14.7. The molecular formula is C22H38N4O4S. The van der Waals surface area contributed by atoms with Crippen molar-refractivity contribution in [1.82, 2.24) is 10.2 Å². The normalized spacial score (nSPS) is 17.5. The summed E-state index contributed by atoms with van der Waals surface area (Å²) in [6.45, 7) is 10.0. The van der Waals surface area contributed by atoms with Gasteiger partial charge in [-0.2, -0.15) is 0 Å². The summed E-state index contributed by atoms with van der Waals surface area (Å²) in [5, 5.41) is 2.78. The second kappa shape index (κ2) is 12.1. The van der Waals surface area contributed by atoms with Crippen molar-refractivity contribution in [2.75, 3.05) is 62.3 Å². The molecule has 31 heavy (non-hydrogen) atoms. The van der Waals surface area contributed by atoms with Gasteiger partial charge < -0.3 is 25.6 Å². The third-order valence-electron chi connectivity index (χ3n) is 5.32. The van der Waals surface area contributed by atoms with E-state index < -0.39 is 9.84 Å². The first kappa shape index (κ1) is 25.3. The molecule has 0 radical (unpaired) electrons. The summed E-state index contributed by atoms with van der Waals surface area (Å²) in [6, 6.07) is 7.89. The van der Waals surface area contributed by atoms with E-state index in [0.29, 0.717) is 31.5 Å². The molecule has 2 amide bonds. The number of carbonyl (C=O) groups excluding carboxylic acids is 1. The quantitative estimate of drug-likeness (QED) is 0.560. The van der Waals surface area contributed by atoms with E-state index in [1.165, 1.54) is 0 Å². The Hall–Kier alpha value is -2.00. The minimum atomic E-state index is -3.22. The molecule has 1 saturated heterocycles. The van der Waals surface area contributed by atoms with E-state index in [1.807, 2.05) is 24.0 Å². The second-order valence-corrected chi connectivity index (χ2v) is 10.8. The molecule has 1 aromatic rings. The summed E-state index contributed by atoms with van der Waals surface area (Å²) in [5.74, 6) is 1.57. The molecular weight excluding hydrogens is 416 g/mol. The first-order valence-electron chi connectivity index (χ1n) is 11.1. The highest BCUT2D eigenvalue weighted by molar-refractivity contribution is 7.91. The van der Waals surface area contributed by atoms with Gasteiger partial charge in [0.05, 0.1) is 18.1 Å². The molecule has 8 nitrogen and oxygen atoms in total. The second-order valence-electron chi connectivity index (χ2n) is 8.49. The highest BCUT2D eigenvalue weighted by Crippen LogP contribution is 2.25. The molecule has 1 atom stereocenters. The van der Waals surface area contributed by atoms with Crippen LogP contribution in [0.4, 0.5) is 10.5 Å². The monoisotopic (exact) mass is 454 g/mol. The summed E-state index contributed by atoms with van der Waals surface area (Å²) in [4.78, 5) is 16.9. The zero-order chi connectivity index (χ0) is 22.9. The molecule has 3 N–H and O–H groups in total. The first-order valence-corrected chi connectivity index (χ1v) is 13.0. The largest absolute Gasteiger partial charge is 0.494 e. The van der Waals surface area contributed by atoms with Crippen LogP contribution in [0.2, 0.25) is 0 Å². The average Bonchev–Trinajstić information content (AvgIpc) is 2.91. The minimum Gasteiger partial charge on any atom is -0.494 e. The predicted molar refractivity (Wildman–Crippen MR) is 125 cm³/mol. The van der Waals surface area contributed by atoms with Crippen molar-refractivity contribution >= 4 is 21.6 Å². The van der Waals surface area contributed by atoms with Gasteiger partial charge in [-0.3, -0.25) is 0 Å². The Balaban J connectivity index is 2.02. The number of hydrogen-bond donors (Lipinski definition) is 2. The van der Waals surface area contributed by atoms with Gasteiger partial charge in [-0.15, -0.1) is 0 Å². The van der Waals surface area contributed by atoms with E-state index >= 15 is 0 Å². The molecule has 1 aliphatic rings. The smallest absolute Gasteiger partial charge is 0.317 e. The number of amides is 2. The number of carbonyl (C=O) groups is 1. The molecule has 1 aliphatic heterocycles. The van der Waals surface area contributed by atoms with E-state index in [9.17, 15) is 13.2 Å². The number of sulfone groups is 1. The van der Waals surface area contributed by atoms with Crippen LogP contribution in [0.3, 0.4) is 0 Å².